The van der Waals surface area contributed by atoms with E-state index in [-0.39, 0.29) is 22.3 Å². The molecule has 0 saturated heterocycles. The minimum atomic E-state index is -0.382. The van der Waals surface area contributed by atoms with Gasteiger partial charge in [0.25, 0.3) is 5.91 Å². The van der Waals surface area contributed by atoms with Crippen molar-refractivity contribution in [2.75, 3.05) is 5.32 Å². The highest BCUT2D eigenvalue weighted by atomic mass is 35.5. The zero-order valence-electron chi connectivity index (χ0n) is 13.7. The summed E-state index contributed by atoms with van der Waals surface area (Å²) in [6, 6.07) is 15.8. The molecule has 27 heavy (non-hydrogen) atoms. The van der Waals surface area contributed by atoms with Crippen molar-refractivity contribution in [2.24, 2.45) is 0 Å². The maximum absolute atomic E-state index is 13.1. The van der Waals surface area contributed by atoms with Crippen molar-refractivity contribution in [1.29, 1.82) is 0 Å². The zero-order valence-corrected chi connectivity index (χ0v) is 15.2. The quantitative estimate of drug-likeness (QED) is 0.519. The second-order valence-electron chi connectivity index (χ2n) is 5.72. The molecule has 0 aliphatic carbocycles. The Morgan fingerprint density at radius 3 is 2.48 bits per heavy atom. The Hall–Kier alpha value is -2.96. The van der Waals surface area contributed by atoms with Crippen LogP contribution in [0.5, 0.6) is 0 Å². The molecule has 0 aliphatic heterocycles. The summed E-state index contributed by atoms with van der Waals surface area (Å²) in [5.41, 5.74) is 2.66. The van der Waals surface area contributed by atoms with Crippen molar-refractivity contribution >= 4 is 45.8 Å². The van der Waals surface area contributed by atoms with Crippen molar-refractivity contribution in [3.05, 3.63) is 82.1 Å². The van der Waals surface area contributed by atoms with E-state index in [2.05, 4.69) is 15.5 Å². The van der Waals surface area contributed by atoms with E-state index in [1.54, 1.807) is 48.5 Å². The third kappa shape index (κ3) is 3.49. The van der Waals surface area contributed by atoms with E-state index in [9.17, 15) is 9.18 Å². The molecule has 0 bridgehead atoms. The van der Waals surface area contributed by atoms with Crippen molar-refractivity contribution in [3.63, 3.8) is 0 Å². The first kappa shape index (κ1) is 17.5. The number of anilines is 1. The molecular formula is C19H11Cl2FN4O. The first-order chi connectivity index (χ1) is 13.0. The van der Waals surface area contributed by atoms with Crippen LogP contribution in [0.2, 0.25) is 10.0 Å². The highest BCUT2D eigenvalue weighted by Gasteiger charge is 2.14. The molecule has 134 valence electrons. The maximum Gasteiger partial charge on any atom is 0.257 e. The Morgan fingerprint density at radius 1 is 0.963 bits per heavy atom. The lowest BCUT2D eigenvalue weighted by Crippen LogP contribution is -2.12. The lowest BCUT2D eigenvalue weighted by atomic mass is 10.2. The molecule has 8 heteroatoms. The summed E-state index contributed by atoms with van der Waals surface area (Å²) in [5.74, 6) is -0.715. The summed E-state index contributed by atoms with van der Waals surface area (Å²) in [6.45, 7) is 0. The third-order valence-corrected chi connectivity index (χ3v) is 4.71. The summed E-state index contributed by atoms with van der Waals surface area (Å²) < 4.78 is 13.1. The van der Waals surface area contributed by atoms with Crippen LogP contribution >= 0.6 is 23.2 Å². The number of fused-ring (bicyclic) bond motifs is 1. The van der Waals surface area contributed by atoms with Gasteiger partial charge in [-0.3, -0.25) is 4.79 Å². The molecule has 4 rings (SSSR count). The first-order valence-corrected chi connectivity index (χ1v) is 8.65. The van der Waals surface area contributed by atoms with Crippen molar-refractivity contribution in [1.82, 2.24) is 15.0 Å². The Kier molecular flexibility index (Phi) is 4.51. The zero-order chi connectivity index (χ0) is 19.0. The fourth-order valence-corrected chi connectivity index (χ4v) is 2.95. The molecule has 3 aromatic carbocycles. The van der Waals surface area contributed by atoms with E-state index in [1.165, 1.54) is 16.9 Å². The molecule has 0 atom stereocenters. The number of hydrogen-bond donors (Lipinski definition) is 1. The largest absolute Gasteiger partial charge is 0.322 e. The first-order valence-electron chi connectivity index (χ1n) is 7.90. The minimum absolute atomic E-state index is 0.194. The molecule has 0 spiro atoms. The van der Waals surface area contributed by atoms with Crippen LogP contribution in [0.3, 0.4) is 0 Å². The van der Waals surface area contributed by atoms with Gasteiger partial charge in [-0.2, -0.15) is 4.80 Å². The average molecular weight is 401 g/mol. The lowest BCUT2D eigenvalue weighted by molar-refractivity contribution is 0.102. The summed E-state index contributed by atoms with van der Waals surface area (Å²) in [4.78, 5) is 13.9. The summed E-state index contributed by atoms with van der Waals surface area (Å²) >= 11 is 12.0. The van der Waals surface area contributed by atoms with Gasteiger partial charge >= 0.3 is 0 Å². The van der Waals surface area contributed by atoms with Gasteiger partial charge in [-0.05, 0) is 54.6 Å². The molecule has 1 amide bonds. The lowest BCUT2D eigenvalue weighted by Gasteiger charge is -2.07. The van der Waals surface area contributed by atoms with Crippen LogP contribution < -0.4 is 5.32 Å². The van der Waals surface area contributed by atoms with Crippen LogP contribution in [-0.2, 0) is 0 Å². The maximum atomic E-state index is 13.1. The molecule has 4 aromatic rings. The number of aromatic nitrogens is 3. The predicted molar refractivity (Wildman–Crippen MR) is 103 cm³/mol. The van der Waals surface area contributed by atoms with Crippen LogP contribution in [0.25, 0.3) is 16.7 Å². The second-order valence-corrected chi connectivity index (χ2v) is 6.51. The molecular weight excluding hydrogens is 390 g/mol. The van der Waals surface area contributed by atoms with Gasteiger partial charge in [0, 0.05) is 5.69 Å². The van der Waals surface area contributed by atoms with Crippen LogP contribution in [-0.4, -0.2) is 20.9 Å². The van der Waals surface area contributed by atoms with E-state index in [1.807, 2.05) is 0 Å². The summed E-state index contributed by atoms with van der Waals surface area (Å²) in [5, 5.41) is 12.0. The van der Waals surface area contributed by atoms with Gasteiger partial charge in [0.2, 0.25) is 0 Å². The highest BCUT2D eigenvalue weighted by Crippen LogP contribution is 2.26. The number of rotatable bonds is 3. The number of benzene rings is 3. The fraction of sp³-hybridized carbons (Fsp3) is 0. The van der Waals surface area contributed by atoms with Crippen molar-refractivity contribution in [3.8, 4) is 5.69 Å². The summed E-state index contributed by atoms with van der Waals surface area (Å²) in [7, 11) is 0. The third-order valence-electron chi connectivity index (χ3n) is 3.89. The smallest absolute Gasteiger partial charge is 0.257 e. The molecule has 1 N–H and O–H groups in total. The topological polar surface area (TPSA) is 59.8 Å². The summed E-state index contributed by atoms with van der Waals surface area (Å²) in [6.07, 6.45) is 0. The number of carbonyl (C=O) groups is 1. The van der Waals surface area contributed by atoms with Crippen molar-refractivity contribution in [2.45, 2.75) is 0 Å². The molecule has 0 saturated carbocycles. The molecule has 0 unspecified atom stereocenters. The molecule has 0 aliphatic rings. The average Bonchev–Trinajstić information content (AvgIpc) is 3.07. The number of nitrogens with zero attached hydrogens (tertiary/aromatic N) is 3. The molecule has 0 fully saturated rings. The predicted octanol–water partition coefficient (Wildman–Crippen LogP) is 5.12. The van der Waals surface area contributed by atoms with Crippen LogP contribution in [0.4, 0.5) is 10.1 Å². The van der Waals surface area contributed by atoms with Crippen molar-refractivity contribution < 1.29 is 9.18 Å². The minimum Gasteiger partial charge on any atom is -0.322 e. The normalized spacial score (nSPS) is 10.9. The number of carbonyl (C=O) groups excluding carboxylic acids is 1. The number of nitrogens with one attached hydrogen (secondary N) is 1. The monoisotopic (exact) mass is 400 g/mol. The number of amides is 1. The van der Waals surface area contributed by atoms with Gasteiger partial charge in [-0.15, -0.1) is 10.2 Å². The van der Waals surface area contributed by atoms with E-state index in [0.717, 1.165) is 0 Å². The molecule has 1 heterocycles. The van der Waals surface area contributed by atoms with Gasteiger partial charge in [-0.25, -0.2) is 4.39 Å². The Morgan fingerprint density at radius 2 is 1.70 bits per heavy atom. The Bertz CT molecular complexity index is 1160. The van der Waals surface area contributed by atoms with Crippen LogP contribution in [0.1, 0.15) is 10.4 Å². The number of hydrogen-bond acceptors (Lipinski definition) is 3. The fourth-order valence-electron chi connectivity index (χ4n) is 2.56. The van der Waals surface area contributed by atoms with Crippen LogP contribution in [0.15, 0.2) is 60.7 Å². The SMILES string of the molecule is O=C(Nc1ccc2nn(-c3ccc(F)cc3)nc2c1)c1cccc(Cl)c1Cl. The highest BCUT2D eigenvalue weighted by molar-refractivity contribution is 6.44. The van der Waals surface area contributed by atoms with E-state index in [4.69, 9.17) is 23.2 Å². The Labute approximate surface area is 163 Å². The standard InChI is InChI=1S/C19H11Cl2FN4O/c20-15-3-1-2-14(18(15)21)19(27)23-12-6-9-16-17(10-12)25-26(24-16)13-7-4-11(22)5-8-13/h1-10H,(H,23,27). The molecule has 0 radical (unpaired) electrons. The van der Waals surface area contributed by atoms with Gasteiger partial charge in [0.05, 0.1) is 21.3 Å². The van der Waals surface area contributed by atoms with E-state index in [0.29, 0.717) is 27.4 Å². The molecule has 5 nitrogen and oxygen atoms in total. The molecule has 1 aromatic heterocycles. The van der Waals surface area contributed by atoms with Gasteiger partial charge < -0.3 is 5.32 Å². The number of halogens is 3. The van der Waals surface area contributed by atoms with Gasteiger partial charge in [0.1, 0.15) is 16.9 Å². The second kappa shape index (κ2) is 6.98. The van der Waals surface area contributed by atoms with Gasteiger partial charge in [0.15, 0.2) is 0 Å². The van der Waals surface area contributed by atoms with Crippen LogP contribution in [0, 0.1) is 5.82 Å². The van der Waals surface area contributed by atoms with E-state index >= 15 is 0 Å². The Balaban J connectivity index is 1.62. The van der Waals surface area contributed by atoms with Gasteiger partial charge in [-0.1, -0.05) is 29.3 Å². The van der Waals surface area contributed by atoms with E-state index < -0.39 is 0 Å².